The van der Waals surface area contributed by atoms with Crippen LogP contribution < -0.4 is 10.6 Å². The molecule has 0 bridgehead atoms. The Morgan fingerprint density at radius 2 is 1.81 bits per heavy atom. The molecular formula is C14H22N2. The minimum Gasteiger partial charge on any atom is -0.383 e. The quantitative estimate of drug-likeness (QED) is 0.694. The number of para-hydroxylation sites is 1. The molecule has 1 aromatic carbocycles. The molecule has 0 aliphatic carbocycles. The van der Waals surface area contributed by atoms with Crippen LogP contribution in [0.3, 0.4) is 0 Å². The van der Waals surface area contributed by atoms with Crippen LogP contribution in [0.2, 0.25) is 0 Å². The first-order valence-electron chi connectivity index (χ1n) is 5.95. The number of nitrogens with one attached hydrogen (secondary N) is 2. The maximum absolute atomic E-state index is 3.67. The summed E-state index contributed by atoms with van der Waals surface area (Å²) in [6, 6.07) is 6.41. The molecule has 0 saturated carbocycles. The molecule has 0 fully saturated rings. The monoisotopic (exact) mass is 218 g/mol. The molecule has 0 aromatic heterocycles. The predicted molar refractivity (Wildman–Crippen MR) is 71.2 cm³/mol. The minimum absolute atomic E-state index is 0.0824. The van der Waals surface area contributed by atoms with Crippen LogP contribution in [0, 0.1) is 12.3 Å². The fourth-order valence-corrected chi connectivity index (χ4v) is 2.04. The second-order valence-corrected chi connectivity index (χ2v) is 5.98. The van der Waals surface area contributed by atoms with E-state index < -0.39 is 0 Å². The van der Waals surface area contributed by atoms with Gasteiger partial charge >= 0.3 is 0 Å². The van der Waals surface area contributed by atoms with Crippen molar-refractivity contribution in [2.45, 2.75) is 40.2 Å². The van der Waals surface area contributed by atoms with Crippen LogP contribution in [0.15, 0.2) is 18.2 Å². The molecule has 88 valence electrons. The Bertz CT molecular complexity index is 405. The summed E-state index contributed by atoms with van der Waals surface area (Å²) in [5, 5.41) is 7.24. The Labute approximate surface area is 98.4 Å². The highest BCUT2D eigenvalue weighted by Gasteiger charge is 2.39. The first-order chi connectivity index (χ1) is 7.33. The summed E-state index contributed by atoms with van der Waals surface area (Å²) in [7, 11) is 0. The molecule has 1 aliphatic heterocycles. The predicted octanol–water partition coefficient (Wildman–Crippen LogP) is 3.64. The average molecular weight is 218 g/mol. The summed E-state index contributed by atoms with van der Waals surface area (Å²) < 4.78 is 0. The Balaban J connectivity index is 2.48. The van der Waals surface area contributed by atoms with E-state index in [-0.39, 0.29) is 11.0 Å². The fourth-order valence-electron chi connectivity index (χ4n) is 2.04. The van der Waals surface area contributed by atoms with Gasteiger partial charge in [-0.1, -0.05) is 26.0 Å². The SMILES string of the molecule is Cc1cccc2c1NCC(C)(C)C(C)(C)N2. The Morgan fingerprint density at radius 1 is 1.12 bits per heavy atom. The normalized spacial score (nSPS) is 21.3. The van der Waals surface area contributed by atoms with Crippen molar-refractivity contribution in [3.8, 4) is 0 Å². The van der Waals surface area contributed by atoms with Gasteiger partial charge in [0.15, 0.2) is 0 Å². The van der Waals surface area contributed by atoms with E-state index in [9.17, 15) is 0 Å². The highest BCUT2D eigenvalue weighted by molar-refractivity contribution is 5.74. The molecule has 2 nitrogen and oxygen atoms in total. The average Bonchev–Trinajstić information content (AvgIpc) is 2.23. The third-order valence-corrected chi connectivity index (χ3v) is 4.12. The lowest BCUT2D eigenvalue weighted by Crippen LogP contribution is -2.47. The minimum atomic E-state index is 0.0824. The summed E-state index contributed by atoms with van der Waals surface area (Å²) in [6.07, 6.45) is 0. The highest BCUT2D eigenvalue weighted by atomic mass is 15.1. The van der Waals surface area contributed by atoms with Crippen molar-refractivity contribution in [3.05, 3.63) is 23.8 Å². The van der Waals surface area contributed by atoms with E-state index in [0.717, 1.165) is 6.54 Å². The standard InChI is InChI=1S/C14H22N2/c1-10-7-6-8-11-12(10)15-9-13(2,3)14(4,5)16-11/h6-8,15-16H,9H2,1-5H3. The van der Waals surface area contributed by atoms with Gasteiger partial charge in [-0.3, -0.25) is 0 Å². The van der Waals surface area contributed by atoms with Gasteiger partial charge < -0.3 is 10.6 Å². The summed E-state index contributed by atoms with van der Waals surface area (Å²) in [4.78, 5) is 0. The van der Waals surface area contributed by atoms with Crippen LogP contribution in [0.25, 0.3) is 0 Å². The van der Waals surface area contributed by atoms with Crippen molar-refractivity contribution in [2.24, 2.45) is 5.41 Å². The first kappa shape index (κ1) is 11.3. The van der Waals surface area contributed by atoms with E-state index in [1.54, 1.807) is 0 Å². The summed E-state index contributed by atoms with van der Waals surface area (Å²) in [5.41, 5.74) is 4.06. The molecule has 0 radical (unpaired) electrons. The molecule has 0 saturated heterocycles. The largest absolute Gasteiger partial charge is 0.383 e. The molecule has 0 unspecified atom stereocenters. The summed E-state index contributed by atoms with van der Waals surface area (Å²) in [5.74, 6) is 0. The molecule has 1 aliphatic rings. The second-order valence-electron chi connectivity index (χ2n) is 5.98. The lowest BCUT2D eigenvalue weighted by Gasteiger charge is -2.41. The maximum atomic E-state index is 3.67. The molecular weight excluding hydrogens is 196 g/mol. The van der Waals surface area contributed by atoms with Crippen LogP contribution in [0.1, 0.15) is 33.3 Å². The van der Waals surface area contributed by atoms with Gasteiger partial charge in [-0.2, -0.15) is 0 Å². The van der Waals surface area contributed by atoms with E-state index in [1.165, 1.54) is 16.9 Å². The van der Waals surface area contributed by atoms with E-state index >= 15 is 0 Å². The summed E-state index contributed by atoms with van der Waals surface area (Å²) >= 11 is 0. The lowest BCUT2D eigenvalue weighted by atomic mass is 9.74. The molecule has 0 atom stereocenters. The van der Waals surface area contributed by atoms with Gasteiger partial charge in [0, 0.05) is 17.5 Å². The van der Waals surface area contributed by atoms with Gasteiger partial charge in [-0.25, -0.2) is 0 Å². The van der Waals surface area contributed by atoms with Gasteiger partial charge in [0.05, 0.1) is 11.4 Å². The van der Waals surface area contributed by atoms with Crippen LogP contribution >= 0.6 is 0 Å². The van der Waals surface area contributed by atoms with E-state index in [0.29, 0.717) is 0 Å². The van der Waals surface area contributed by atoms with Crippen LogP contribution in [-0.2, 0) is 0 Å². The van der Waals surface area contributed by atoms with Crippen LogP contribution in [0.4, 0.5) is 11.4 Å². The third-order valence-electron chi connectivity index (χ3n) is 4.12. The Kier molecular flexibility index (Phi) is 2.41. The van der Waals surface area contributed by atoms with Crippen LogP contribution in [-0.4, -0.2) is 12.1 Å². The zero-order valence-electron chi connectivity index (χ0n) is 10.9. The molecule has 16 heavy (non-hydrogen) atoms. The smallest absolute Gasteiger partial charge is 0.0606 e. The number of fused-ring (bicyclic) bond motifs is 1. The molecule has 0 amide bonds. The highest BCUT2D eigenvalue weighted by Crippen LogP contribution is 2.40. The van der Waals surface area contributed by atoms with Crippen molar-refractivity contribution >= 4 is 11.4 Å². The van der Waals surface area contributed by atoms with Crippen LogP contribution in [0.5, 0.6) is 0 Å². The van der Waals surface area contributed by atoms with Crippen molar-refractivity contribution in [1.29, 1.82) is 0 Å². The maximum Gasteiger partial charge on any atom is 0.0606 e. The molecule has 0 spiro atoms. The number of anilines is 2. The molecule has 2 heteroatoms. The molecule has 2 N–H and O–H groups in total. The van der Waals surface area contributed by atoms with E-state index in [4.69, 9.17) is 0 Å². The van der Waals surface area contributed by atoms with Crippen molar-refractivity contribution in [2.75, 3.05) is 17.2 Å². The zero-order chi connectivity index (χ0) is 12.0. The summed E-state index contributed by atoms with van der Waals surface area (Å²) in [6.45, 7) is 12.3. The lowest BCUT2D eigenvalue weighted by molar-refractivity contribution is 0.245. The topological polar surface area (TPSA) is 24.1 Å². The second kappa shape index (κ2) is 3.41. The van der Waals surface area contributed by atoms with E-state index in [1.807, 2.05) is 0 Å². The zero-order valence-corrected chi connectivity index (χ0v) is 10.9. The molecule has 1 heterocycles. The van der Waals surface area contributed by atoms with Gasteiger partial charge in [0.1, 0.15) is 0 Å². The Hall–Kier alpha value is -1.18. The van der Waals surface area contributed by atoms with Crippen molar-refractivity contribution in [1.82, 2.24) is 0 Å². The fraction of sp³-hybridized carbons (Fsp3) is 0.571. The molecule has 2 rings (SSSR count). The number of aryl methyl sites for hydroxylation is 1. The number of rotatable bonds is 0. The Morgan fingerprint density at radius 3 is 2.50 bits per heavy atom. The number of hydrogen-bond acceptors (Lipinski definition) is 2. The third kappa shape index (κ3) is 1.66. The van der Waals surface area contributed by atoms with Gasteiger partial charge in [-0.15, -0.1) is 0 Å². The van der Waals surface area contributed by atoms with Crippen molar-refractivity contribution in [3.63, 3.8) is 0 Å². The van der Waals surface area contributed by atoms with Gasteiger partial charge in [0.2, 0.25) is 0 Å². The van der Waals surface area contributed by atoms with E-state index in [2.05, 4.69) is 63.5 Å². The van der Waals surface area contributed by atoms with Crippen molar-refractivity contribution < 1.29 is 0 Å². The molecule has 1 aromatic rings. The van der Waals surface area contributed by atoms with Gasteiger partial charge in [0.25, 0.3) is 0 Å². The number of hydrogen-bond donors (Lipinski definition) is 2. The van der Waals surface area contributed by atoms with Gasteiger partial charge in [-0.05, 0) is 32.4 Å². The first-order valence-corrected chi connectivity index (χ1v) is 5.95. The number of benzene rings is 1.